The lowest BCUT2D eigenvalue weighted by atomic mass is 10.0. The second-order valence-electron chi connectivity index (χ2n) is 5.71. The first-order valence-corrected chi connectivity index (χ1v) is 8.68. The molecule has 2 N–H and O–H groups in total. The van der Waals surface area contributed by atoms with Crippen molar-refractivity contribution in [2.45, 2.75) is 90.4 Å². The van der Waals surface area contributed by atoms with Crippen LogP contribution in [0.1, 0.15) is 90.4 Å². The van der Waals surface area contributed by atoms with Crippen LogP contribution in [0.4, 0.5) is 0 Å². The van der Waals surface area contributed by atoms with Gasteiger partial charge in [0.1, 0.15) is 0 Å². The van der Waals surface area contributed by atoms with Crippen molar-refractivity contribution >= 4 is 5.91 Å². The highest BCUT2D eigenvalue weighted by Gasteiger charge is 1.99. The van der Waals surface area contributed by atoms with E-state index in [9.17, 15) is 4.79 Å². The van der Waals surface area contributed by atoms with Crippen LogP contribution in [0, 0.1) is 0 Å². The molecule has 0 atom stereocenters. The van der Waals surface area contributed by atoms with Crippen LogP contribution >= 0.6 is 0 Å². The molecular weight excluding hydrogens is 250 g/mol. The maximum atomic E-state index is 11.3. The zero-order chi connectivity index (χ0) is 14.9. The summed E-state index contributed by atoms with van der Waals surface area (Å²) in [5.41, 5.74) is 0. The number of unbranched alkanes of at least 4 members (excludes halogenated alkanes) is 11. The molecule has 0 bridgehead atoms. The molecule has 0 fully saturated rings. The maximum absolute atomic E-state index is 11.3. The van der Waals surface area contributed by atoms with Crippen LogP contribution in [0.3, 0.4) is 0 Å². The SMILES string of the molecule is CCCCCCCCCCCCCCC(=O)NCCO. The van der Waals surface area contributed by atoms with Crippen molar-refractivity contribution in [1.29, 1.82) is 0 Å². The molecular formula is C17H35NO2. The van der Waals surface area contributed by atoms with E-state index in [4.69, 9.17) is 5.11 Å². The Kier molecular flexibility index (Phi) is 16.0. The van der Waals surface area contributed by atoms with Crippen LogP contribution in [-0.4, -0.2) is 24.2 Å². The number of aliphatic hydroxyl groups excluding tert-OH is 1. The van der Waals surface area contributed by atoms with Crippen LogP contribution in [0.5, 0.6) is 0 Å². The summed E-state index contributed by atoms with van der Waals surface area (Å²) in [6.45, 7) is 2.68. The van der Waals surface area contributed by atoms with Crippen LogP contribution in [0.15, 0.2) is 0 Å². The molecule has 0 rings (SSSR count). The highest BCUT2D eigenvalue weighted by atomic mass is 16.3. The Hall–Kier alpha value is -0.570. The van der Waals surface area contributed by atoms with Crippen LogP contribution in [0.25, 0.3) is 0 Å². The van der Waals surface area contributed by atoms with Gasteiger partial charge in [0.15, 0.2) is 0 Å². The first-order chi connectivity index (χ1) is 9.81. The molecule has 0 aliphatic heterocycles. The van der Waals surface area contributed by atoms with E-state index in [0.717, 1.165) is 12.8 Å². The highest BCUT2D eigenvalue weighted by molar-refractivity contribution is 5.75. The van der Waals surface area contributed by atoms with Crippen LogP contribution < -0.4 is 5.32 Å². The molecule has 120 valence electrons. The summed E-state index contributed by atoms with van der Waals surface area (Å²) in [7, 11) is 0. The lowest BCUT2D eigenvalue weighted by Crippen LogP contribution is -2.25. The van der Waals surface area contributed by atoms with Crippen molar-refractivity contribution in [3.8, 4) is 0 Å². The number of carbonyl (C=O) groups is 1. The van der Waals surface area contributed by atoms with Gasteiger partial charge in [0, 0.05) is 13.0 Å². The molecule has 0 aliphatic carbocycles. The molecule has 0 aliphatic rings. The summed E-state index contributed by atoms with van der Waals surface area (Å²) in [5.74, 6) is 0.0751. The van der Waals surface area contributed by atoms with Gasteiger partial charge in [-0.1, -0.05) is 77.6 Å². The number of aliphatic hydroxyl groups is 1. The highest BCUT2D eigenvalue weighted by Crippen LogP contribution is 2.12. The van der Waals surface area contributed by atoms with Crippen LogP contribution in [0.2, 0.25) is 0 Å². The fourth-order valence-electron chi connectivity index (χ4n) is 2.41. The van der Waals surface area contributed by atoms with Crippen LogP contribution in [-0.2, 0) is 4.79 Å². The maximum Gasteiger partial charge on any atom is 0.220 e. The van der Waals surface area contributed by atoms with Gasteiger partial charge in [-0.05, 0) is 6.42 Å². The minimum Gasteiger partial charge on any atom is -0.395 e. The molecule has 0 heterocycles. The van der Waals surface area contributed by atoms with Crippen molar-refractivity contribution < 1.29 is 9.90 Å². The first-order valence-electron chi connectivity index (χ1n) is 8.68. The van der Waals surface area contributed by atoms with E-state index in [1.807, 2.05) is 0 Å². The third-order valence-corrected chi connectivity index (χ3v) is 3.69. The lowest BCUT2D eigenvalue weighted by molar-refractivity contribution is -0.121. The summed E-state index contributed by atoms with van der Waals surface area (Å²) >= 11 is 0. The Labute approximate surface area is 125 Å². The molecule has 0 aromatic rings. The molecule has 0 radical (unpaired) electrons. The monoisotopic (exact) mass is 285 g/mol. The molecule has 0 aromatic carbocycles. The van der Waals surface area contributed by atoms with Gasteiger partial charge >= 0.3 is 0 Å². The van der Waals surface area contributed by atoms with E-state index in [1.54, 1.807) is 0 Å². The summed E-state index contributed by atoms with van der Waals surface area (Å²) in [6.07, 6.45) is 16.4. The molecule has 0 spiro atoms. The second-order valence-corrected chi connectivity index (χ2v) is 5.71. The van der Waals surface area contributed by atoms with Crippen molar-refractivity contribution in [1.82, 2.24) is 5.32 Å². The topological polar surface area (TPSA) is 49.3 Å². The Morgan fingerprint density at radius 3 is 1.70 bits per heavy atom. The second kappa shape index (κ2) is 16.5. The van der Waals surface area contributed by atoms with Gasteiger partial charge in [-0.15, -0.1) is 0 Å². The van der Waals surface area contributed by atoms with E-state index >= 15 is 0 Å². The fourth-order valence-corrected chi connectivity index (χ4v) is 2.41. The van der Waals surface area contributed by atoms with E-state index < -0.39 is 0 Å². The lowest BCUT2D eigenvalue weighted by Gasteiger charge is -2.04. The van der Waals surface area contributed by atoms with Gasteiger partial charge in [-0.25, -0.2) is 0 Å². The molecule has 3 nitrogen and oxygen atoms in total. The number of nitrogens with one attached hydrogen (secondary N) is 1. The first kappa shape index (κ1) is 19.4. The summed E-state index contributed by atoms with van der Waals surface area (Å²) in [6, 6.07) is 0. The molecule has 0 saturated carbocycles. The predicted octanol–water partition coefficient (Wildman–Crippen LogP) is 4.19. The van der Waals surface area contributed by atoms with E-state index in [-0.39, 0.29) is 12.5 Å². The number of carbonyl (C=O) groups excluding carboxylic acids is 1. The summed E-state index contributed by atoms with van der Waals surface area (Å²) in [5, 5.41) is 11.3. The van der Waals surface area contributed by atoms with Crippen molar-refractivity contribution in [3.63, 3.8) is 0 Å². The predicted molar refractivity (Wildman–Crippen MR) is 85.8 cm³/mol. The molecule has 1 amide bonds. The van der Waals surface area contributed by atoms with Gasteiger partial charge in [-0.2, -0.15) is 0 Å². The summed E-state index contributed by atoms with van der Waals surface area (Å²) < 4.78 is 0. The van der Waals surface area contributed by atoms with E-state index in [0.29, 0.717) is 13.0 Å². The average Bonchev–Trinajstić information content (AvgIpc) is 2.46. The average molecular weight is 285 g/mol. The van der Waals surface area contributed by atoms with Gasteiger partial charge in [0.25, 0.3) is 0 Å². The minimum absolute atomic E-state index is 0.0319. The molecule has 0 unspecified atom stereocenters. The van der Waals surface area contributed by atoms with Gasteiger partial charge < -0.3 is 10.4 Å². The number of hydrogen-bond donors (Lipinski definition) is 2. The standard InChI is InChI=1S/C17H35NO2/c1-2-3-4-5-6-7-8-9-10-11-12-13-14-17(20)18-15-16-19/h19H,2-16H2,1H3,(H,18,20). The number of rotatable bonds is 15. The normalized spacial score (nSPS) is 10.7. The Bertz CT molecular complexity index is 207. The van der Waals surface area contributed by atoms with Gasteiger partial charge in [0.2, 0.25) is 5.91 Å². The fraction of sp³-hybridized carbons (Fsp3) is 0.941. The van der Waals surface area contributed by atoms with E-state index in [1.165, 1.54) is 64.2 Å². The van der Waals surface area contributed by atoms with Gasteiger partial charge in [-0.3, -0.25) is 4.79 Å². The van der Waals surface area contributed by atoms with E-state index in [2.05, 4.69) is 12.2 Å². The third-order valence-electron chi connectivity index (χ3n) is 3.69. The zero-order valence-electron chi connectivity index (χ0n) is 13.5. The molecule has 20 heavy (non-hydrogen) atoms. The summed E-state index contributed by atoms with van der Waals surface area (Å²) in [4.78, 5) is 11.3. The van der Waals surface area contributed by atoms with Crippen molar-refractivity contribution in [3.05, 3.63) is 0 Å². The van der Waals surface area contributed by atoms with Crippen molar-refractivity contribution in [2.24, 2.45) is 0 Å². The molecule has 0 aromatic heterocycles. The minimum atomic E-state index is 0.0319. The Morgan fingerprint density at radius 1 is 0.800 bits per heavy atom. The Morgan fingerprint density at radius 2 is 1.25 bits per heavy atom. The third kappa shape index (κ3) is 15.5. The smallest absolute Gasteiger partial charge is 0.220 e. The largest absolute Gasteiger partial charge is 0.395 e. The molecule has 3 heteroatoms. The number of hydrogen-bond acceptors (Lipinski definition) is 2. The Balaban J connectivity index is 3.04. The number of amides is 1. The zero-order valence-corrected chi connectivity index (χ0v) is 13.5. The quantitative estimate of drug-likeness (QED) is 0.443. The molecule has 0 saturated heterocycles. The van der Waals surface area contributed by atoms with Gasteiger partial charge in [0.05, 0.1) is 6.61 Å². The van der Waals surface area contributed by atoms with Crippen molar-refractivity contribution in [2.75, 3.05) is 13.2 Å².